The van der Waals surface area contributed by atoms with Crippen molar-refractivity contribution in [2.45, 2.75) is 19.4 Å². The maximum atomic E-state index is 9.38. The van der Waals surface area contributed by atoms with Gasteiger partial charge in [0.1, 0.15) is 5.75 Å². The van der Waals surface area contributed by atoms with E-state index in [4.69, 9.17) is 4.74 Å². The minimum atomic E-state index is -0.306. The molecule has 1 unspecified atom stereocenters. The molecular weight excluding hydrogens is 178 g/mol. The Morgan fingerprint density at radius 3 is 2.79 bits per heavy atom. The Morgan fingerprint density at radius 2 is 2.14 bits per heavy atom. The molecule has 0 fully saturated rings. The fourth-order valence-electron chi connectivity index (χ4n) is 1.16. The molecule has 1 rings (SSSR count). The van der Waals surface area contributed by atoms with Crippen molar-refractivity contribution in [1.29, 1.82) is 0 Å². The highest BCUT2D eigenvalue weighted by Gasteiger charge is 2.03. The van der Waals surface area contributed by atoms with Gasteiger partial charge in [-0.15, -0.1) is 0 Å². The summed E-state index contributed by atoms with van der Waals surface area (Å²) in [6.45, 7) is 2.51. The van der Waals surface area contributed by atoms with Gasteiger partial charge in [-0.05, 0) is 18.6 Å². The molecule has 3 nitrogen and oxygen atoms in total. The predicted octanol–water partition coefficient (Wildman–Crippen LogP) is 1.88. The van der Waals surface area contributed by atoms with E-state index < -0.39 is 0 Å². The number of aliphatic hydroxyl groups is 1. The van der Waals surface area contributed by atoms with E-state index in [1.807, 2.05) is 31.2 Å². The van der Waals surface area contributed by atoms with Gasteiger partial charge in [0.25, 0.3) is 0 Å². The van der Waals surface area contributed by atoms with Crippen LogP contribution < -0.4 is 10.1 Å². The van der Waals surface area contributed by atoms with Gasteiger partial charge in [-0.1, -0.05) is 19.1 Å². The summed E-state index contributed by atoms with van der Waals surface area (Å²) in [5, 5.41) is 12.5. The summed E-state index contributed by atoms with van der Waals surface area (Å²) in [6.07, 6.45) is 0.446. The van der Waals surface area contributed by atoms with Crippen LogP contribution >= 0.6 is 0 Å². The maximum absolute atomic E-state index is 9.38. The highest BCUT2D eigenvalue weighted by molar-refractivity contribution is 5.56. The van der Waals surface area contributed by atoms with Crippen LogP contribution in [-0.4, -0.2) is 24.9 Å². The summed E-state index contributed by atoms with van der Waals surface area (Å²) < 4.78 is 5.17. The van der Waals surface area contributed by atoms with Crippen molar-refractivity contribution >= 4 is 5.69 Å². The Balaban J connectivity index is 2.57. The fourth-order valence-corrected chi connectivity index (χ4v) is 1.16. The molecule has 1 aromatic rings. The first-order chi connectivity index (χ1) is 6.77. The number of aliphatic hydroxyl groups excluding tert-OH is 1. The van der Waals surface area contributed by atoms with Crippen LogP contribution in [-0.2, 0) is 0 Å². The topological polar surface area (TPSA) is 41.5 Å². The molecule has 78 valence electrons. The first kappa shape index (κ1) is 10.9. The van der Waals surface area contributed by atoms with Gasteiger partial charge >= 0.3 is 0 Å². The zero-order chi connectivity index (χ0) is 10.4. The molecule has 0 aliphatic carbocycles. The minimum absolute atomic E-state index is 0.306. The standard InChI is InChI=1S/C11H17NO2/c1-3-9(13)8-12-10-6-4-5-7-11(10)14-2/h4-7,9,12-13H,3,8H2,1-2H3. The molecule has 0 bridgehead atoms. The van der Waals surface area contributed by atoms with Crippen LogP contribution in [0.5, 0.6) is 5.75 Å². The van der Waals surface area contributed by atoms with E-state index in [1.54, 1.807) is 7.11 Å². The lowest BCUT2D eigenvalue weighted by Gasteiger charge is -2.13. The van der Waals surface area contributed by atoms with Gasteiger partial charge in [0, 0.05) is 6.54 Å². The number of para-hydroxylation sites is 2. The zero-order valence-electron chi connectivity index (χ0n) is 8.66. The lowest BCUT2D eigenvalue weighted by Crippen LogP contribution is -2.18. The number of benzene rings is 1. The molecule has 0 saturated heterocycles. The molecule has 0 saturated carbocycles. The van der Waals surface area contributed by atoms with Crippen molar-refractivity contribution in [3.05, 3.63) is 24.3 Å². The van der Waals surface area contributed by atoms with Crippen LogP contribution in [0.2, 0.25) is 0 Å². The van der Waals surface area contributed by atoms with Crippen LogP contribution in [0.3, 0.4) is 0 Å². The van der Waals surface area contributed by atoms with Crippen LogP contribution in [0.4, 0.5) is 5.69 Å². The summed E-state index contributed by atoms with van der Waals surface area (Å²) in [4.78, 5) is 0. The third-order valence-electron chi connectivity index (χ3n) is 2.11. The molecule has 1 atom stereocenters. The van der Waals surface area contributed by atoms with E-state index in [2.05, 4.69) is 5.32 Å². The van der Waals surface area contributed by atoms with E-state index in [1.165, 1.54) is 0 Å². The molecule has 0 aliphatic rings. The molecule has 0 aromatic heterocycles. The first-order valence-corrected chi connectivity index (χ1v) is 4.83. The number of anilines is 1. The summed E-state index contributed by atoms with van der Waals surface area (Å²) >= 11 is 0. The van der Waals surface area contributed by atoms with Gasteiger partial charge in [0.05, 0.1) is 18.9 Å². The molecule has 1 aromatic carbocycles. The third-order valence-corrected chi connectivity index (χ3v) is 2.11. The van der Waals surface area contributed by atoms with Crippen LogP contribution in [0.15, 0.2) is 24.3 Å². The molecule has 0 radical (unpaired) electrons. The Labute approximate surface area is 84.7 Å². The summed E-state index contributed by atoms with van der Waals surface area (Å²) in [5.41, 5.74) is 0.919. The second-order valence-electron chi connectivity index (χ2n) is 3.14. The van der Waals surface area contributed by atoms with E-state index in [-0.39, 0.29) is 6.10 Å². The number of methoxy groups -OCH3 is 1. The fraction of sp³-hybridized carbons (Fsp3) is 0.455. The zero-order valence-corrected chi connectivity index (χ0v) is 8.66. The second kappa shape index (κ2) is 5.50. The van der Waals surface area contributed by atoms with Crippen molar-refractivity contribution in [3.63, 3.8) is 0 Å². The van der Waals surface area contributed by atoms with Gasteiger partial charge < -0.3 is 15.2 Å². The normalized spacial score (nSPS) is 12.2. The van der Waals surface area contributed by atoms with Crippen LogP contribution in [0, 0.1) is 0 Å². The highest BCUT2D eigenvalue weighted by atomic mass is 16.5. The molecule has 0 amide bonds. The molecule has 0 aliphatic heterocycles. The van der Waals surface area contributed by atoms with E-state index in [0.29, 0.717) is 6.54 Å². The van der Waals surface area contributed by atoms with E-state index in [9.17, 15) is 5.11 Å². The molecule has 0 spiro atoms. The quantitative estimate of drug-likeness (QED) is 0.753. The third kappa shape index (κ3) is 2.92. The Hall–Kier alpha value is -1.22. The predicted molar refractivity (Wildman–Crippen MR) is 57.8 cm³/mol. The average Bonchev–Trinajstić information content (AvgIpc) is 2.26. The van der Waals surface area contributed by atoms with Crippen molar-refractivity contribution < 1.29 is 9.84 Å². The van der Waals surface area contributed by atoms with Crippen molar-refractivity contribution in [1.82, 2.24) is 0 Å². The summed E-state index contributed by atoms with van der Waals surface area (Å²) in [7, 11) is 1.64. The smallest absolute Gasteiger partial charge is 0.141 e. The van der Waals surface area contributed by atoms with Gasteiger partial charge in [-0.2, -0.15) is 0 Å². The Kier molecular flexibility index (Phi) is 4.26. The van der Waals surface area contributed by atoms with Gasteiger partial charge in [0.2, 0.25) is 0 Å². The van der Waals surface area contributed by atoms with Crippen LogP contribution in [0.1, 0.15) is 13.3 Å². The monoisotopic (exact) mass is 195 g/mol. The Morgan fingerprint density at radius 1 is 1.43 bits per heavy atom. The van der Waals surface area contributed by atoms with Gasteiger partial charge in [-0.3, -0.25) is 0 Å². The first-order valence-electron chi connectivity index (χ1n) is 4.83. The maximum Gasteiger partial charge on any atom is 0.141 e. The minimum Gasteiger partial charge on any atom is -0.495 e. The number of rotatable bonds is 5. The molecular formula is C11H17NO2. The van der Waals surface area contributed by atoms with Crippen molar-refractivity contribution in [2.24, 2.45) is 0 Å². The molecule has 2 N–H and O–H groups in total. The second-order valence-corrected chi connectivity index (χ2v) is 3.14. The highest BCUT2D eigenvalue weighted by Crippen LogP contribution is 2.22. The largest absolute Gasteiger partial charge is 0.495 e. The molecule has 3 heteroatoms. The lowest BCUT2D eigenvalue weighted by atomic mass is 10.2. The number of nitrogens with one attached hydrogen (secondary N) is 1. The number of hydrogen-bond donors (Lipinski definition) is 2. The Bertz CT molecular complexity index is 276. The summed E-state index contributed by atoms with van der Waals surface area (Å²) in [6, 6.07) is 7.67. The molecule has 14 heavy (non-hydrogen) atoms. The number of hydrogen-bond acceptors (Lipinski definition) is 3. The number of ether oxygens (including phenoxy) is 1. The van der Waals surface area contributed by atoms with Gasteiger partial charge in [-0.25, -0.2) is 0 Å². The van der Waals surface area contributed by atoms with Gasteiger partial charge in [0.15, 0.2) is 0 Å². The lowest BCUT2D eigenvalue weighted by molar-refractivity contribution is 0.183. The van der Waals surface area contributed by atoms with Crippen LogP contribution in [0.25, 0.3) is 0 Å². The van der Waals surface area contributed by atoms with E-state index >= 15 is 0 Å². The van der Waals surface area contributed by atoms with Crippen molar-refractivity contribution in [2.75, 3.05) is 19.0 Å². The summed E-state index contributed by atoms with van der Waals surface area (Å²) in [5.74, 6) is 0.802. The SMILES string of the molecule is CCC(O)CNc1ccccc1OC. The average molecular weight is 195 g/mol. The van der Waals surface area contributed by atoms with Crippen molar-refractivity contribution in [3.8, 4) is 5.75 Å². The van der Waals surface area contributed by atoms with E-state index in [0.717, 1.165) is 17.9 Å². The molecule has 0 heterocycles.